The van der Waals surface area contributed by atoms with E-state index in [1.165, 1.54) is 32.1 Å². The summed E-state index contributed by atoms with van der Waals surface area (Å²) in [5, 5.41) is 10.8. The topological polar surface area (TPSA) is 76.0 Å². The SMILES string of the molecule is Cn1nc(NC(=O)C(=O)NC2CCC3CCCCC3C2)c2ccccc21. The van der Waals surface area contributed by atoms with Crippen LogP contribution in [0.25, 0.3) is 10.9 Å². The monoisotopic (exact) mass is 354 g/mol. The Hall–Kier alpha value is -2.37. The summed E-state index contributed by atoms with van der Waals surface area (Å²) in [6.45, 7) is 0. The molecule has 1 aromatic heterocycles. The van der Waals surface area contributed by atoms with Crippen molar-refractivity contribution in [1.29, 1.82) is 0 Å². The molecule has 0 aliphatic heterocycles. The third-order valence-corrected chi connectivity index (χ3v) is 6.07. The minimum Gasteiger partial charge on any atom is -0.345 e. The summed E-state index contributed by atoms with van der Waals surface area (Å²) >= 11 is 0. The van der Waals surface area contributed by atoms with Crippen LogP contribution in [0.2, 0.25) is 0 Å². The van der Waals surface area contributed by atoms with Gasteiger partial charge in [0.2, 0.25) is 0 Å². The number of aromatic nitrogens is 2. The van der Waals surface area contributed by atoms with Crippen molar-refractivity contribution in [2.45, 2.75) is 51.0 Å². The van der Waals surface area contributed by atoms with Gasteiger partial charge in [-0.1, -0.05) is 37.8 Å². The zero-order chi connectivity index (χ0) is 18.1. The number of aryl methyl sites for hydroxylation is 1. The van der Waals surface area contributed by atoms with Crippen LogP contribution in [0.3, 0.4) is 0 Å². The van der Waals surface area contributed by atoms with Gasteiger partial charge < -0.3 is 10.6 Å². The number of carbonyl (C=O) groups is 2. The smallest absolute Gasteiger partial charge is 0.314 e. The number of para-hydroxylation sites is 1. The molecule has 6 nitrogen and oxygen atoms in total. The van der Waals surface area contributed by atoms with Gasteiger partial charge in [-0.15, -0.1) is 0 Å². The number of benzene rings is 1. The van der Waals surface area contributed by atoms with E-state index in [1.54, 1.807) is 4.68 Å². The van der Waals surface area contributed by atoms with E-state index >= 15 is 0 Å². The molecule has 0 saturated heterocycles. The molecule has 1 aromatic carbocycles. The van der Waals surface area contributed by atoms with Crippen LogP contribution in [0.5, 0.6) is 0 Å². The van der Waals surface area contributed by atoms with Crippen LogP contribution in [-0.2, 0) is 16.6 Å². The molecule has 0 spiro atoms. The van der Waals surface area contributed by atoms with E-state index in [4.69, 9.17) is 0 Å². The summed E-state index contributed by atoms with van der Waals surface area (Å²) in [6, 6.07) is 7.75. The number of hydrogen-bond acceptors (Lipinski definition) is 3. The van der Waals surface area contributed by atoms with Gasteiger partial charge in [0.1, 0.15) is 0 Å². The Labute approximate surface area is 153 Å². The van der Waals surface area contributed by atoms with Crippen LogP contribution >= 0.6 is 0 Å². The molecule has 4 rings (SSSR count). The molecule has 2 aliphatic rings. The zero-order valence-electron chi connectivity index (χ0n) is 15.2. The number of carbonyl (C=O) groups excluding carboxylic acids is 2. The molecule has 6 heteroatoms. The van der Waals surface area contributed by atoms with Gasteiger partial charge in [-0.3, -0.25) is 14.3 Å². The highest BCUT2D eigenvalue weighted by Gasteiger charge is 2.33. The maximum absolute atomic E-state index is 12.4. The zero-order valence-corrected chi connectivity index (χ0v) is 15.2. The Morgan fingerprint density at radius 3 is 2.65 bits per heavy atom. The predicted octanol–water partition coefficient (Wildman–Crippen LogP) is 2.99. The number of rotatable bonds is 2. The van der Waals surface area contributed by atoms with E-state index in [2.05, 4.69) is 15.7 Å². The first kappa shape index (κ1) is 17.1. The maximum atomic E-state index is 12.4. The van der Waals surface area contributed by atoms with Gasteiger partial charge in [0.25, 0.3) is 0 Å². The quantitative estimate of drug-likeness (QED) is 0.814. The fourth-order valence-corrected chi connectivity index (χ4v) is 4.73. The van der Waals surface area contributed by atoms with E-state index in [-0.39, 0.29) is 6.04 Å². The summed E-state index contributed by atoms with van der Waals surface area (Å²) in [5.74, 6) is 0.772. The van der Waals surface area contributed by atoms with Gasteiger partial charge in [0.05, 0.1) is 5.52 Å². The Balaban J connectivity index is 1.38. The highest BCUT2D eigenvalue weighted by Crippen LogP contribution is 2.40. The second-order valence-electron chi connectivity index (χ2n) is 7.73. The van der Waals surface area contributed by atoms with Crippen molar-refractivity contribution in [2.24, 2.45) is 18.9 Å². The molecule has 2 fully saturated rings. The molecule has 2 aromatic rings. The first-order valence-corrected chi connectivity index (χ1v) is 9.65. The molecule has 0 radical (unpaired) electrons. The summed E-state index contributed by atoms with van der Waals surface area (Å²) < 4.78 is 1.70. The highest BCUT2D eigenvalue weighted by molar-refractivity contribution is 6.40. The van der Waals surface area contributed by atoms with Gasteiger partial charge in [0, 0.05) is 18.5 Å². The van der Waals surface area contributed by atoms with Crippen molar-refractivity contribution in [2.75, 3.05) is 5.32 Å². The molecule has 0 bridgehead atoms. The fraction of sp³-hybridized carbons (Fsp3) is 0.550. The molecular weight excluding hydrogens is 328 g/mol. The van der Waals surface area contributed by atoms with Crippen LogP contribution in [0.4, 0.5) is 5.82 Å². The summed E-state index contributed by atoms with van der Waals surface area (Å²) in [4.78, 5) is 24.7. The van der Waals surface area contributed by atoms with E-state index < -0.39 is 11.8 Å². The van der Waals surface area contributed by atoms with Gasteiger partial charge >= 0.3 is 11.8 Å². The van der Waals surface area contributed by atoms with Crippen molar-refractivity contribution in [3.63, 3.8) is 0 Å². The Morgan fingerprint density at radius 2 is 1.81 bits per heavy atom. The predicted molar refractivity (Wildman–Crippen MR) is 101 cm³/mol. The molecular formula is C20H26N4O2. The van der Waals surface area contributed by atoms with E-state index in [0.29, 0.717) is 11.7 Å². The maximum Gasteiger partial charge on any atom is 0.314 e. The van der Waals surface area contributed by atoms with Crippen molar-refractivity contribution in [3.8, 4) is 0 Å². The number of nitrogens with one attached hydrogen (secondary N) is 2. The molecule has 2 aliphatic carbocycles. The molecule has 3 atom stereocenters. The van der Waals surface area contributed by atoms with Crippen LogP contribution < -0.4 is 10.6 Å². The van der Waals surface area contributed by atoms with Crippen molar-refractivity contribution < 1.29 is 9.59 Å². The summed E-state index contributed by atoms with van der Waals surface area (Å²) in [6.07, 6.45) is 8.40. The minimum atomic E-state index is -0.639. The number of fused-ring (bicyclic) bond motifs is 2. The lowest BCUT2D eigenvalue weighted by atomic mass is 9.69. The van der Waals surface area contributed by atoms with Gasteiger partial charge in [-0.05, 0) is 43.2 Å². The lowest BCUT2D eigenvalue weighted by Crippen LogP contribution is -2.45. The van der Waals surface area contributed by atoms with Gasteiger partial charge in [0.15, 0.2) is 5.82 Å². The summed E-state index contributed by atoms with van der Waals surface area (Å²) in [7, 11) is 1.82. The average molecular weight is 354 g/mol. The molecule has 2 amide bonds. The third kappa shape index (κ3) is 3.32. The Morgan fingerprint density at radius 1 is 1.04 bits per heavy atom. The average Bonchev–Trinajstić information content (AvgIpc) is 2.97. The van der Waals surface area contributed by atoms with Gasteiger partial charge in [-0.2, -0.15) is 5.10 Å². The first-order chi connectivity index (χ1) is 12.6. The normalized spacial score (nSPS) is 25.5. The standard InChI is InChI=1S/C20H26N4O2/c1-24-17-9-5-4-8-16(17)18(23-24)22-20(26)19(25)21-15-11-10-13-6-2-3-7-14(13)12-15/h4-5,8-9,13-15H,2-3,6-7,10-12H2,1H3,(H,21,25)(H,22,23,26). The van der Waals surface area contributed by atoms with Crippen LogP contribution in [0.1, 0.15) is 44.9 Å². The highest BCUT2D eigenvalue weighted by atomic mass is 16.2. The van der Waals surface area contributed by atoms with E-state index in [0.717, 1.165) is 29.7 Å². The summed E-state index contributed by atoms with van der Waals surface area (Å²) in [5.41, 5.74) is 0.916. The third-order valence-electron chi connectivity index (χ3n) is 6.07. The second-order valence-corrected chi connectivity index (χ2v) is 7.73. The van der Waals surface area contributed by atoms with Crippen LogP contribution in [0.15, 0.2) is 24.3 Å². The Bertz CT molecular complexity index is 828. The fourth-order valence-electron chi connectivity index (χ4n) is 4.73. The van der Waals surface area contributed by atoms with Crippen molar-refractivity contribution in [3.05, 3.63) is 24.3 Å². The first-order valence-electron chi connectivity index (χ1n) is 9.65. The second kappa shape index (κ2) is 7.09. The van der Waals surface area contributed by atoms with Crippen LogP contribution in [-0.4, -0.2) is 27.6 Å². The lowest BCUT2D eigenvalue weighted by molar-refractivity contribution is -0.136. The molecule has 3 unspecified atom stereocenters. The molecule has 2 N–H and O–H groups in total. The lowest BCUT2D eigenvalue weighted by Gasteiger charge is -2.39. The largest absolute Gasteiger partial charge is 0.345 e. The van der Waals surface area contributed by atoms with Gasteiger partial charge in [-0.25, -0.2) is 0 Å². The molecule has 138 valence electrons. The number of amides is 2. The van der Waals surface area contributed by atoms with Crippen molar-refractivity contribution in [1.82, 2.24) is 15.1 Å². The number of anilines is 1. The molecule has 26 heavy (non-hydrogen) atoms. The van der Waals surface area contributed by atoms with Crippen molar-refractivity contribution >= 4 is 28.5 Å². The molecule has 2 saturated carbocycles. The number of nitrogens with zero attached hydrogens (tertiary/aromatic N) is 2. The molecule has 1 heterocycles. The van der Waals surface area contributed by atoms with E-state index in [9.17, 15) is 9.59 Å². The van der Waals surface area contributed by atoms with Crippen LogP contribution in [0, 0.1) is 11.8 Å². The Kier molecular flexibility index (Phi) is 4.66. The number of hydrogen-bond donors (Lipinski definition) is 2. The van der Waals surface area contributed by atoms with E-state index in [1.807, 2.05) is 31.3 Å². The minimum absolute atomic E-state index is 0.119.